The molecule has 0 bridgehead atoms. The molecule has 0 heterocycles. The molecule has 1 heteroatoms. The molecule has 2 aliphatic rings. The molecular weight excluding hydrogens is 331 g/mol. The van der Waals surface area contributed by atoms with E-state index in [1.165, 1.54) is 38.5 Å². The van der Waals surface area contributed by atoms with E-state index in [0.29, 0.717) is 5.92 Å². The largest absolute Gasteiger partial charge is 0.244 e. The van der Waals surface area contributed by atoms with Crippen molar-refractivity contribution in [2.75, 3.05) is 0 Å². The second-order valence-electron chi connectivity index (χ2n) is 11.4. The summed E-state index contributed by atoms with van der Waals surface area (Å²) < 4.78 is 14.0. The molecule has 0 N–H and O–H groups in total. The van der Waals surface area contributed by atoms with E-state index in [-0.39, 0.29) is 0 Å². The average molecular weight is 381 g/mol. The van der Waals surface area contributed by atoms with Gasteiger partial charge in [0.05, 0.1) is 0 Å². The van der Waals surface area contributed by atoms with Crippen molar-refractivity contribution in [1.82, 2.24) is 0 Å². The zero-order valence-electron chi connectivity index (χ0n) is 19.7. The van der Waals surface area contributed by atoms with Gasteiger partial charge in [0, 0.05) is 0 Å². The molecule has 0 spiro atoms. The van der Waals surface area contributed by atoms with E-state index >= 15 is 0 Å². The summed E-state index contributed by atoms with van der Waals surface area (Å²) in [6.45, 7) is 18.9. The molecule has 2 saturated carbocycles. The Balaban J connectivity index is 2.10. The Morgan fingerprint density at radius 2 is 1.48 bits per heavy atom. The molecule has 0 aromatic heterocycles. The van der Waals surface area contributed by atoms with Crippen LogP contribution in [0.25, 0.3) is 0 Å². The number of halogens is 1. The highest BCUT2D eigenvalue weighted by Crippen LogP contribution is 2.52. The van der Waals surface area contributed by atoms with Gasteiger partial charge in [-0.3, -0.25) is 0 Å². The van der Waals surface area contributed by atoms with Crippen LogP contribution in [0.4, 0.5) is 4.39 Å². The lowest BCUT2D eigenvalue weighted by Crippen LogP contribution is -2.42. The van der Waals surface area contributed by atoms with Crippen LogP contribution in [0.2, 0.25) is 0 Å². The maximum atomic E-state index is 14.0. The third kappa shape index (κ3) is 5.72. The summed E-state index contributed by atoms with van der Waals surface area (Å²) in [6.07, 6.45) is 9.82. The first-order valence-electron chi connectivity index (χ1n) is 12.3. The first-order chi connectivity index (χ1) is 12.6. The summed E-state index contributed by atoms with van der Waals surface area (Å²) in [7, 11) is 0. The molecule has 2 aliphatic carbocycles. The van der Waals surface area contributed by atoms with Gasteiger partial charge in [-0.1, -0.05) is 61.3 Å². The second-order valence-corrected chi connectivity index (χ2v) is 11.4. The monoisotopic (exact) mass is 380 g/mol. The Bertz CT molecular complexity index is 421. The van der Waals surface area contributed by atoms with Gasteiger partial charge >= 0.3 is 0 Å². The van der Waals surface area contributed by atoms with Gasteiger partial charge in [-0.15, -0.1) is 0 Å². The lowest BCUT2D eigenvalue weighted by molar-refractivity contribution is -0.0164. The topological polar surface area (TPSA) is 0 Å². The van der Waals surface area contributed by atoms with Crippen molar-refractivity contribution in [3.05, 3.63) is 0 Å². The van der Waals surface area contributed by atoms with E-state index in [4.69, 9.17) is 0 Å². The Labute approximate surface area is 170 Å². The average Bonchev–Trinajstić information content (AvgIpc) is 2.60. The zero-order valence-corrected chi connectivity index (χ0v) is 19.7. The summed E-state index contributed by atoms with van der Waals surface area (Å²) in [5.41, 5.74) is -0.862. The highest BCUT2D eigenvalue weighted by atomic mass is 19.1. The fraction of sp³-hybridized carbons (Fsp3) is 1.00. The van der Waals surface area contributed by atoms with Crippen molar-refractivity contribution >= 4 is 0 Å². The fourth-order valence-electron chi connectivity index (χ4n) is 6.86. The van der Waals surface area contributed by atoms with E-state index in [9.17, 15) is 4.39 Å². The molecule has 0 nitrogen and oxygen atoms in total. The summed E-state index contributed by atoms with van der Waals surface area (Å²) >= 11 is 0. The Morgan fingerprint density at radius 3 is 1.93 bits per heavy atom. The Hall–Kier alpha value is -0.0700. The van der Waals surface area contributed by atoms with E-state index in [2.05, 4.69) is 48.5 Å². The molecule has 0 aromatic rings. The summed E-state index contributed by atoms with van der Waals surface area (Å²) in [5.74, 6) is 7.39. The van der Waals surface area contributed by atoms with E-state index in [0.717, 1.165) is 60.2 Å². The van der Waals surface area contributed by atoms with Crippen molar-refractivity contribution in [1.29, 1.82) is 0 Å². The number of hydrogen-bond donors (Lipinski definition) is 0. The highest BCUT2D eigenvalue weighted by Gasteiger charge is 2.45. The first kappa shape index (κ1) is 23.2. The normalized spacial score (nSPS) is 38.9. The molecule has 0 saturated heterocycles. The lowest BCUT2D eigenvalue weighted by atomic mass is 9.57. The highest BCUT2D eigenvalue weighted by molar-refractivity contribution is 4.95. The maximum Gasteiger partial charge on any atom is 0.108 e. The molecule has 6 unspecified atom stereocenters. The van der Waals surface area contributed by atoms with Gasteiger partial charge in [-0.25, -0.2) is 4.39 Å². The molecule has 0 aliphatic heterocycles. The molecular formula is C26H49F. The summed E-state index contributed by atoms with van der Waals surface area (Å²) in [4.78, 5) is 0. The number of hydrogen-bond acceptors (Lipinski definition) is 0. The quantitative estimate of drug-likeness (QED) is 0.376. The van der Waals surface area contributed by atoms with Crippen LogP contribution in [0.5, 0.6) is 0 Å². The predicted octanol–water partition coefficient (Wildman–Crippen LogP) is 8.55. The molecule has 0 aromatic carbocycles. The minimum atomic E-state index is -0.862. The van der Waals surface area contributed by atoms with E-state index in [1.807, 2.05) is 0 Å². The van der Waals surface area contributed by atoms with Gasteiger partial charge in [0.15, 0.2) is 0 Å². The van der Waals surface area contributed by atoms with Crippen molar-refractivity contribution < 1.29 is 4.39 Å². The fourth-order valence-corrected chi connectivity index (χ4v) is 6.86. The smallest absolute Gasteiger partial charge is 0.108 e. The molecule has 6 atom stereocenters. The van der Waals surface area contributed by atoms with Crippen LogP contribution in [0.1, 0.15) is 107 Å². The van der Waals surface area contributed by atoms with Gasteiger partial charge in [0.25, 0.3) is 0 Å². The van der Waals surface area contributed by atoms with Crippen molar-refractivity contribution in [2.45, 2.75) is 112 Å². The van der Waals surface area contributed by atoms with Crippen LogP contribution in [0, 0.1) is 53.3 Å². The SMILES string of the molecule is CCC(C)C(C(C)CC)C1CCC(CC2CC(C)(F)C2)C(C(C)C(C)C)C1. The second kappa shape index (κ2) is 9.62. The summed E-state index contributed by atoms with van der Waals surface area (Å²) in [6, 6.07) is 0. The standard InChI is InChI=1S/C26H49F/c1-9-18(5)25(19(6)10-2)23-12-11-22(13-21-15-26(8,27)16-21)24(14-23)20(7)17(3)4/h17-25H,9-16H2,1-8H3. The predicted molar refractivity (Wildman–Crippen MR) is 118 cm³/mol. The van der Waals surface area contributed by atoms with Gasteiger partial charge in [-0.2, -0.15) is 0 Å². The van der Waals surface area contributed by atoms with Crippen LogP contribution in [-0.4, -0.2) is 5.67 Å². The molecule has 0 amide bonds. The molecule has 160 valence electrons. The molecule has 27 heavy (non-hydrogen) atoms. The lowest BCUT2D eigenvalue weighted by Gasteiger charge is -2.48. The molecule has 2 fully saturated rings. The Kier molecular flexibility index (Phi) is 8.27. The zero-order chi connectivity index (χ0) is 20.4. The van der Waals surface area contributed by atoms with Crippen molar-refractivity contribution in [3.63, 3.8) is 0 Å². The van der Waals surface area contributed by atoms with E-state index < -0.39 is 5.67 Å². The maximum absolute atomic E-state index is 14.0. The van der Waals surface area contributed by atoms with Gasteiger partial charge in [-0.05, 0) is 98.7 Å². The van der Waals surface area contributed by atoms with Crippen LogP contribution in [0.15, 0.2) is 0 Å². The minimum absolute atomic E-state index is 0.656. The third-order valence-corrected chi connectivity index (χ3v) is 9.03. The van der Waals surface area contributed by atoms with Crippen molar-refractivity contribution in [2.24, 2.45) is 53.3 Å². The number of rotatable bonds is 9. The first-order valence-corrected chi connectivity index (χ1v) is 12.3. The van der Waals surface area contributed by atoms with Crippen LogP contribution in [0.3, 0.4) is 0 Å². The van der Waals surface area contributed by atoms with Gasteiger partial charge < -0.3 is 0 Å². The molecule has 0 radical (unpaired) electrons. The van der Waals surface area contributed by atoms with Crippen LogP contribution in [-0.2, 0) is 0 Å². The third-order valence-electron chi connectivity index (χ3n) is 9.03. The van der Waals surface area contributed by atoms with Crippen molar-refractivity contribution in [3.8, 4) is 0 Å². The van der Waals surface area contributed by atoms with E-state index in [1.54, 1.807) is 6.92 Å². The van der Waals surface area contributed by atoms with Gasteiger partial charge in [0.2, 0.25) is 0 Å². The van der Waals surface area contributed by atoms with Crippen LogP contribution < -0.4 is 0 Å². The minimum Gasteiger partial charge on any atom is -0.244 e. The number of alkyl halides is 1. The summed E-state index contributed by atoms with van der Waals surface area (Å²) in [5, 5.41) is 0. The van der Waals surface area contributed by atoms with Gasteiger partial charge in [0.1, 0.15) is 5.67 Å². The molecule has 2 rings (SSSR count). The van der Waals surface area contributed by atoms with Crippen LogP contribution >= 0.6 is 0 Å². The Morgan fingerprint density at radius 1 is 0.926 bits per heavy atom.